The molecule has 2 aromatic heterocycles. The minimum absolute atomic E-state index is 0. The summed E-state index contributed by atoms with van der Waals surface area (Å²) in [5.41, 5.74) is 5.85. The Hall–Kier alpha value is -1.44. The zero-order valence-corrected chi connectivity index (χ0v) is 11.4. The van der Waals surface area contributed by atoms with Crippen LogP contribution in [-0.4, -0.2) is 27.2 Å². The highest BCUT2D eigenvalue weighted by Crippen LogP contribution is 2.12. The molecule has 0 aliphatic heterocycles. The summed E-state index contributed by atoms with van der Waals surface area (Å²) < 4.78 is 1.59. The Morgan fingerprint density at radius 3 is 3.00 bits per heavy atom. The molecule has 0 aliphatic carbocycles. The van der Waals surface area contributed by atoms with Crippen molar-refractivity contribution >= 4 is 35.5 Å². The number of halogens is 1. The van der Waals surface area contributed by atoms with Gasteiger partial charge in [0, 0.05) is 24.9 Å². The summed E-state index contributed by atoms with van der Waals surface area (Å²) in [6.45, 7) is 0.538. The van der Waals surface area contributed by atoms with Crippen molar-refractivity contribution in [3.63, 3.8) is 0 Å². The van der Waals surface area contributed by atoms with Crippen molar-refractivity contribution in [2.45, 2.75) is 6.42 Å². The summed E-state index contributed by atoms with van der Waals surface area (Å²) in [7, 11) is 1.76. The van der Waals surface area contributed by atoms with E-state index in [4.69, 9.17) is 5.73 Å². The maximum absolute atomic E-state index is 11.8. The summed E-state index contributed by atoms with van der Waals surface area (Å²) in [4.78, 5) is 16.0. The Kier molecular flexibility index (Phi) is 5.26. The molecule has 0 fully saturated rings. The Bertz CT molecular complexity index is 524. The summed E-state index contributed by atoms with van der Waals surface area (Å²) in [5, 5.41) is 9.31. The van der Waals surface area contributed by atoms with Crippen molar-refractivity contribution in [2.75, 3.05) is 11.9 Å². The van der Waals surface area contributed by atoms with E-state index in [-0.39, 0.29) is 18.3 Å². The van der Waals surface area contributed by atoms with Gasteiger partial charge in [0.05, 0.1) is 11.2 Å². The van der Waals surface area contributed by atoms with Gasteiger partial charge in [0.15, 0.2) is 0 Å². The van der Waals surface area contributed by atoms with Gasteiger partial charge < -0.3 is 11.1 Å². The molecule has 2 aromatic rings. The first-order chi connectivity index (χ1) is 8.20. The average Bonchev–Trinajstić information content (AvgIpc) is 2.90. The highest BCUT2D eigenvalue weighted by atomic mass is 35.5. The fourth-order valence-electron chi connectivity index (χ4n) is 1.33. The van der Waals surface area contributed by atoms with Gasteiger partial charge in [-0.2, -0.15) is 5.10 Å². The van der Waals surface area contributed by atoms with E-state index >= 15 is 0 Å². The summed E-state index contributed by atoms with van der Waals surface area (Å²) in [6, 6.07) is 1.73. The standard InChI is InChI=1S/C10H13N5OS.ClH/c1-15-8(3-5-12-15)14-10(16)7-6-17-9(13-7)2-4-11;/h3,5-6H,2,4,11H2,1H3,(H,14,16);1H. The van der Waals surface area contributed by atoms with E-state index in [9.17, 15) is 4.79 Å². The van der Waals surface area contributed by atoms with Crippen LogP contribution in [0.25, 0.3) is 0 Å². The third kappa shape index (κ3) is 3.28. The lowest BCUT2D eigenvalue weighted by Crippen LogP contribution is -2.15. The molecule has 0 bridgehead atoms. The largest absolute Gasteiger partial charge is 0.330 e. The van der Waals surface area contributed by atoms with Crippen molar-refractivity contribution in [3.8, 4) is 0 Å². The number of rotatable bonds is 4. The van der Waals surface area contributed by atoms with E-state index in [1.165, 1.54) is 11.3 Å². The summed E-state index contributed by atoms with van der Waals surface area (Å²) in [5.74, 6) is 0.413. The molecule has 1 amide bonds. The zero-order valence-electron chi connectivity index (χ0n) is 9.79. The van der Waals surface area contributed by atoms with E-state index in [0.717, 1.165) is 5.01 Å². The molecular weight excluding hydrogens is 274 g/mol. The van der Waals surface area contributed by atoms with E-state index in [2.05, 4.69) is 15.4 Å². The van der Waals surface area contributed by atoms with Crippen LogP contribution in [0.4, 0.5) is 5.82 Å². The molecule has 98 valence electrons. The number of nitrogens with one attached hydrogen (secondary N) is 1. The number of aromatic nitrogens is 3. The molecule has 0 radical (unpaired) electrons. The number of nitrogens with zero attached hydrogens (tertiary/aromatic N) is 3. The van der Waals surface area contributed by atoms with Crippen LogP contribution < -0.4 is 11.1 Å². The van der Waals surface area contributed by atoms with Crippen LogP contribution in [-0.2, 0) is 13.5 Å². The number of amides is 1. The molecule has 6 nitrogen and oxygen atoms in total. The second kappa shape index (κ2) is 6.48. The Labute approximate surface area is 115 Å². The third-order valence-electron chi connectivity index (χ3n) is 2.21. The van der Waals surface area contributed by atoms with E-state index in [1.807, 2.05) is 0 Å². The van der Waals surface area contributed by atoms with Gasteiger partial charge in [0.25, 0.3) is 5.91 Å². The molecule has 2 heterocycles. The maximum atomic E-state index is 11.8. The molecular formula is C10H14ClN5OS. The Morgan fingerprint density at radius 2 is 2.39 bits per heavy atom. The Morgan fingerprint density at radius 1 is 1.61 bits per heavy atom. The first-order valence-electron chi connectivity index (χ1n) is 5.14. The molecule has 0 unspecified atom stereocenters. The second-order valence-electron chi connectivity index (χ2n) is 3.46. The van der Waals surface area contributed by atoms with Crippen molar-refractivity contribution in [2.24, 2.45) is 12.8 Å². The number of hydrogen-bond acceptors (Lipinski definition) is 5. The number of carbonyl (C=O) groups excluding carboxylic acids is 1. The SMILES string of the molecule is Cl.Cn1nccc1NC(=O)c1csc(CCN)n1. The molecule has 0 saturated heterocycles. The first kappa shape index (κ1) is 14.6. The van der Waals surface area contributed by atoms with Crippen molar-refractivity contribution in [1.29, 1.82) is 0 Å². The molecule has 0 aliphatic rings. The number of hydrogen-bond donors (Lipinski definition) is 2. The lowest BCUT2D eigenvalue weighted by molar-refractivity contribution is 0.102. The third-order valence-corrected chi connectivity index (χ3v) is 3.11. The van der Waals surface area contributed by atoms with E-state index in [1.54, 1.807) is 29.4 Å². The molecule has 8 heteroatoms. The minimum atomic E-state index is -0.229. The summed E-state index contributed by atoms with van der Waals surface area (Å²) in [6.07, 6.45) is 2.32. The van der Waals surface area contributed by atoms with E-state index in [0.29, 0.717) is 24.5 Å². The van der Waals surface area contributed by atoms with Gasteiger partial charge in [-0.1, -0.05) is 0 Å². The predicted molar refractivity (Wildman–Crippen MR) is 73.3 cm³/mol. The number of nitrogens with two attached hydrogens (primary N) is 1. The van der Waals surface area contributed by atoms with Gasteiger partial charge in [0.1, 0.15) is 11.5 Å². The lowest BCUT2D eigenvalue weighted by atomic mass is 10.4. The normalized spacial score (nSPS) is 9.89. The topological polar surface area (TPSA) is 85.8 Å². The van der Waals surface area contributed by atoms with Gasteiger partial charge in [-0.15, -0.1) is 23.7 Å². The van der Waals surface area contributed by atoms with Crippen molar-refractivity contribution in [3.05, 3.63) is 28.3 Å². The zero-order chi connectivity index (χ0) is 12.3. The minimum Gasteiger partial charge on any atom is -0.330 e. The van der Waals surface area contributed by atoms with Crippen molar-refractivity contribution < 1.29 is 4.79 Å². The van der Waals surface area contributed by atoms with Crippen LogP contribution in [0.2, 0.25) is 0 Å². The van der Waals surface area contributed by atoms with Gasteiger partial charge in [-0.3, -0.25) is 9.48 Å². The predicted octanol–water partition coefficient (Wildman–Crippen LogP) is 1.05. The smallest absolute Gasteiger partial charge is 0.276 e. The monoisotopic (exact) mass is 287 g/mol. The van der Waals surface area contributed by atoms with Crippen LogP contribution in [0.5, 0.6) is 0 Å². The van der Waals surface area contributed by atoms with Gasteiger partial charge >= 0.3 is 0 Å². The average molecular weight is 288 g/mol. The molecule has 0 saturated carbocycles. The van der Waals surface area contributed by atoms with Gasteiger partial charge in [-0.25, -0.2) is 4.98 Å². The van der Waals surface area contributed by atoms with Crippen LogP contribution in [0.1, 0.15) is 15.5 Å². The Balaban J connectivity index is 0.00000162. The second-order valence-corrected chi connectivity index (χ2v) is 4.40. The van der Waals surface area contributed by atoms with Crippen LogP contribution in [0.15, 0.2) is 17.6 Å². The number of carbonyl (C=O) groups is 1. The van der Waals surface area contributed by atoms with Crippen LogP contribution in [0.3, 0.4) is 0 Å². The number of anilines is 1. The quantitative estimate of drug-likeness (QED) is 0.880. The molecule has 2 rings (SSSR count). The van der Waals surface area contributed by atoms with Crippen LogP contribution >= 0.6 is 23.7 Å². The lowest BCUT2D eigenvalue weighted by Gasteiger charge is -2.02. The summed E-state index contributed by atoms with van der Waals surface area (Å²) >= 11 is 1.44. The maximum Gasteiger partial charge on any atom is 0.276 e. The molecule has 0 spiro atoms. The van der Waals surface area contributed by atoms with Gasteiger partial charge in [0.2, 0.25) is 0 Å². The first-order valence-corrected chi connectivity index (χ1v) is 6.02. The molecule has 18 heavy (non-hydrogen) atoms. The fraction of sp³-hybridized carbons (Fsp3) is 0.300. The molecule has 3 N–H and O–H groups in total. The molecule has 0 atom stereocenters. The van der Waals surface area contributed by atoms with E-state index < -0.39 is 0 Å². The highest BCUT2D eigenvalue weighted by Gasteiger charge is 2.11. The van der Waals surface area contributed by atoms with Gasteiger partial charge in [-0.05, 0) is 6.54 Å². The number of aryl methyl sites for hydroxylation is 1. The highest BCUT2D eigenvalue weighted by molar-refractivity contribution is 7.09. The van der Waals surface area contributed by atoms with Crippen LogP contribution in [0, 0.1) is 0 Å². The fourth-order valence-corrected chi connectivity index (χ4v) is 2.12. The molecule has 0 aromatic carbocycles. The van der Waals surface area contributed by atoms with Crippen molar-refractivity contribution in [1.82, 2.24) is 14.8 Å². The number of thiazole rings is 1.